The molecular weight excluding hydrogens is 469 g/mol. The van der Waals surface area contributed by atoms with Crippen LogP contribution in [0.5, 0.6) is 0 Å². The quantitative estimate of drug-likeness (QED) is 0.370. The van der Waals surface area contributed by atoms with Crippen LogP contribution in [0.2, 0.25) is 5.02 Å². The van der Waals surface area contributed by atoms with E-state index in [-0.39, 0.29) is 22.3 Å². The number of H-pyrrole nitrogens is 1. The van der Waals surface area contributed by atoms with Crippen molar-refractivity contribution >= 4 is 45.6 Å². The molecule has 4 rings (SSSR count). The van der Waals surface area contributed by atoms with E-state index in [2.05, 4.69) is 15.0 Å². The summed E-state index contributed by atoms with van der Waals surface area (Å²) in [7, 11) is 0. The molecule has 0 bridgehead atoms. The summed E-state index contributed by atoms with van der Waals surface area (Å²) in [6.45, 7) is 0. The molecule has 11 heteroatoms. The fourth-order valence-electron chi connectivity index (χ4n) is 2.87. The number of alkyl halides is 3. The Labute approximate surface area is 186 Å². The number of benzene rings is 1. The van der Waals surface area contributed by atoms with Gasteiger partial charge in [-0.25, -0.2) is 9.97 Å². The Balaban J connectivity index is 1.75. The predicted molar refractivity (Wildman–Crippen MR) is 114 cm³/mol. The highest BCUT2D eigenvalue weighted by Crippen LogP contribution is 2.39. The lowest BCUT2D eigenvalue weighted by molar-refractivity contribution is -0.138. The monoisotopic (exact) mass is 478 g/mol. The third kappa shape index (κ3) is 4.44. The van der Waals surface area contributed by atoms with Gasteiger partial charge in [0.15, 0.2) is 0 Å². The molecule has 1 aromatic carbocycles. The molecule has 4 aromatic rings. The Morgan fingerprint density at radius 3 is 2.71 bits per heavy atom. The zero-order valence-corrected chi connectivity index (χ0v) is 17.7. The number of pyridine rings is 1. The zero-order valence-electron chi connectivity index (χ0n) is 15.3. The van der Waals surface area contributed by atoms with Crippen molar-refractivity contribution in [2.24, 2.45) is 0 Å². The Bertz CT molecular complexity index is 1380. The van der Waals surface area contributed by atoms with E-state index in [9.17, 15) is 23.2 Å². The number of nitrogens with one attached hydrogen (secondary N) is 1. The Kier molecular flexibility index (Phi) is 5.75. The van der Waals surface area contributed by atoms with E-state index >= 15 is 0 Å². The minimum atomic E-state index is -4.72. The van der Waals surface area contributed by atoms with E-state index in [1.54, 1.807) is 35.7 Å². The summed E-state index contributed by atoms with van der Waals surface area (Å²) >= 11 is 8.04. The van der Waals surface area contributed by atoms with Crippen LogP contribution in [-0.4, -0.2) is 15.0 Å². The zero-order chi connectivity index (χ0) is 22.2. The smallest absolute Gasteiger partial charge is 0.309 e. The van der Waals surface area contributed by atoms with Gasteiger partial charge in [-0.15, -0.1) is 11.3 Å². The molecule has 156 valence electrons. The van der Waals surface area contributed by atoms with Crippen LogP contribution in [0.4, 0.5) is 13.2 Å². The van der Waals surface area contributed by atoms with Gasteiger partial charge in [-0.2, -0.15) is 18.4 Å². The second-order valence-electron chi connectivity index (χ2n) is 6.28. The maximum Gasteiger partial charge on any atom is 0.417 e. The number of thioether (sulfide) groups is 1. The number of aromatic nitrogens is 3. The summed E-state index contributed by atoms with van der Waals surface area (Å²) in [5.74, 6) is 0.256. The van der Waals surface area contributed by atoms with Crippen LogP contribution in [0.1, 0.15) is 17.0 Å². The minimum Gasteiger partial charge on any atom is -0.309 e. The van der Waals surface area contributed by atoms with Crippen LogP contribution < -0.4 is 5.56 Å². The number of thiophene rings is 1. The first kappa shape index (κ1) is 21.4. The topological polar surface area (TPSA) is 82.4 Å². The molecule has 0 amide bonds. The Morgan fingerprint density at radius 2 is 2.03 bits per heavy atom. The summed E-state index contributed by atoms with van der Waals surface area (Å²) in [5, 5.41) is 11.7. The lowest BCUT2D eigenvalue weighted by atomic mass is 10.1. The van der Waals surface area contributed by atoms with Crippen molar-refractivity contribution in [3.8, 4) is 16.6 Å². The molecule has 31 heavy (non-hydrogen) atoms. The van der Waals surface area contributed by atoms with E-state index < -0.39 is 22.9 Å². The Hall–Kier alpha value is -2.87. The van der Waals surface area contributed by atoms with Crippen LogP contribution in [0.3, 0.4) is 0 Å². The second kappa shape index (κ2) is 8.34. The van der Waals surface area contributed by atoms with Crippen LogP contribution in [-0.2, 0) is 11.9 Å². The fraction of sp³-hybridized carbons (Fsp3) is 0.100. The standard InChI is InChI=1S/C20H10ClF3N4OS2/c21-10-3-4-14-11(6-10)18(29)28-17(26-14)9-31-19-12(8-25)13(20(22,23)24)7-15(27-19)16-2-1-5-30-16/h1-7H,9H2,(H,26,28,29). The van der Waals surface area contributed by atoms with Crippen molar-refractivity contribution in [3.63, 3.8) is 0 Å². The van der Waals surface area contributed by atoms with Gasteiger partial charge in [0.1, 0.15) is 16.9 Å². The van der Waals surface area contributed by atoms with Gasteiger partial charge in [0.25, 0.3) is 5.56 Å². The molecular formula is C20H10ClF3N4OS2. The van der Waals surface area contributed by atoms with E-state index in [0.29, 0.717) is 20.8 Å². The highest BCUT2D eigenvalue weighted by Gasteiger charge is 2.36. The number of hydrogen-bond donors (Lipinski definition) is 1. The summed E-state index contributed by atoms with van der Waals surface area (Å²) in [4.78, 5) is 24.1. The number of nitriles is 1. The van der Waals surface area contributed by atoms with E-state index in [4.69, 9.17) is 11.6 Å². The van der Waals surface area contributed by atoms with E-state index in [1.165, 1.54) is 17.4 Å². The second-order valence-corrected chi connectivity index (χ2v) is 8.63. The van der Waals surface area contributed by atoms with Crippen molar-refractivity contribution in [3.05, 3.63) is 74.1 Å². The number of aromatic amines is 1. The molecule has 0 spiro atoms. The molecule has 0 radical (unpaired) electrons. The SMILES string of the molecule is N#Cc1c(C(F)(F)F)cc(-c2cccs2)nc1SCc1nc2ccc(Cl)cc2c(=O)[nH]1. The Morgan fingerprint density at radius 1 is 1.23 bits per heavy atom. The van der Waals surface area contributed by atoms with Gasteiger partial charge in [-0.05, 0) is 35.7 Å². The van der Waals surface area contributed by atoms with Gasteiger partial charge in [0.2, 0.25) is 0 Å². The lowest BCUT2D eigenvalue weighted by Gasteiger charge is -2.13. The molecule has 0 saturated carbocycles. The maximum absolute atomic E-state index is 13.6. The van der Waals surface area contributed by atoms with Crippen LogP contribution in [0, 0.1) is 11.3 Å². The van der Waals surface area contributed by atoms with Gasteiger partial charge < -0.3 is 4.98 Å². The lowest BCUT2D eigenvalue weighted by Crippen LogP contribution is -2.12. The van der Waals surface area contributed by atoms with E-state index in [0.717, 1.165) is 17.8 Å². The maximum atomic E-state index is 13.6. The molecule has 5 nitrogen and oxygen atoms in total. The molecule has 0 aliphatic heterocycles. The van der Waals surface area contributed by atoms with Gasteiger partial charge in [-0.3, -0.25) is 4.79 Å². The summed E-state index contributed by atoms with van der Waals surface area (Å²) in [5.41, 5.74) is -1.50. The fourth-order valence-corrected chi connectivity index (χ4v) is 4.60. The van der Waals surface area contributed by atoms with Gasteiger partial charge in [0.05, 0.1) is 38.4 Å². The third-order valence-electron chi connectivity index (χ3n) is 4.24. The third-order valence-corrected chi connectivity index (χ3v) is 6.35. The van der Waals surface area contributed by atoms with Crippen molar-refractivity contribution in [1.29, 1.82) is 5.26 Å². The van der Waals surface area contributed by atoms with Crippen molar-refractivity contribution in [1.82, 2.24) is 15.0 Å². The van der Waals surface area contributed by atoms with Crippen LogP contribution in [0.25, 0.3) is 21.5 Å². The molecule has 0 unspecified atom stereocenters. The number of halogens is 4. The molecule has 0 aliphatic rings. The number of fused-ring (bicyclic) bond motifs is 1. The molecule has 0 saturated heterocycles. The highest BCUT2D eigenvalue weighted by atomic mass is 35.5. The summed E-state index contributed by atoms with van der Waals surface area (Å²) < 4.78 is 40.8. The average molecular weight is 479 g/mol. The van der Waals surface area contributed by atoms with Gasteiger partial charge >= 0.3 is 6.18 Å². The first-order chi connectivity index (χ1) is 14.8. The normalized spacial score (nSPS) is 11.6. The van der Waals surface area contributed by atoms with E-state index in [1.807, 2.05) is 0 Å². The molecule has 0 fully saturated rings. The van der Waals surface area contributed by atoms with Crippen molar-refractivity contribution < 1.29 is 13.2 Å². The number of rotatable bonds is 4. The van der Waals surface area contributed by atoms with Crippen molar-refractivity contribution in [2.75, 3.05) is 0 Å². The molecule has 0 aliphatic carbocycles. The molecule has 1 N–H and O–H groups in total. The highest BCUT2D eigenvalue weighted by molar-refractivity contribution is 7.98. The van der Waals surface area contributed by atoms with Crippen LogP contribution in [0.15, 0.2) is 51.6 Å². The van der Waals surface area contributed by atoms with Gasteiger partial charge in [-0.1, -0.05) is 29.4 Å². The average Bonchev–Trinajstić information content (AvgIpc) is 3.26. The van der Waals surface area contributed by atoms with Crippen LogP contribution >= 0.6 is 34.7 Å². The summed E-state index contributed by atoms with van der Waals surface area (Å²) in [6, 6.07) is 10.5. The molecule has 3 heterocycles. The largest absolute Gasteiger partial charge is 0.417 e. The predicted octanol–water partition coefficient (Wildman–Crippen LogP) is 5.88. The first-order valence-electron chi connectivity index (χ1n) is 8.63. The van der Waals surface area contributed by atoms with Crippen molar-refractivity contribution in [2.45, 2.75) is 17.0 Å². The first-order valence-corrected chi connectivity index (χ1v) is 10.9. The molecule has 3 aromatic heterocycles. The number of nitrogens with zero attached hydrogens (tertiary/aromatic N) is 3. The molecule has 0 atom stereocenters. The summed E-state index contributed by atoms with van der Waals surface area (Å²) in [6.07, 6.45) is -4.72. The minimum absolute atomic E-state index is 0.0146. The van der Waals surface area contributed by atoms with Gasteiger partial charge in [0, 0.05) is 5.02 Å². The number of hydrogen-bond acceptors (Lipinski definition) is 6.